The summed E-state index contributed by atoms with van der Waals surface area (Å²) in [6.07, 6.45) is 6.70. The first-order chi connectivity index (χ1) is 9.40. The largest absolute Gasteiger partial charge is 0.481 e. The van der Waals surface area contributed by atoms with Crippen molar-refractivity contribution in [2.45, 2.75) is 58.3 Å². The van der Waals surface area contributed by atoms with E-state index in [1.807, 2.05) is 0 Å². The summed E-state index contributed by atoms with van der Waals surface area (Å²) < 4.78 is 4.90. The third-order valence-electron chi connectivity index (χ3n) is 2.30. The Morgan fingerprint density at radius 1 is 1.05 bits per heavy atom. The number of hydrogen-bond acceptors (Lipinski definition) is 4. The molecule has 0 aliphatic rings. The first-order valence-corrected chi connectivity index (χ1v) is 6.87. The molecule has 6 N–H and O–H groups in total. The highest BCUT2D eigenvalue weighted by Crippen LogP contribution is 2.05. The summed E-state index contributed by atoms with van der Waals surface area (Å²) in [7, 11) is 0. The lowest BCUT2D eigenvalue weighted by Crippen LogP contribution is -2.20. The summed E-state index contributed by atoms with van der Waals surface area (Å²) >= 11 is 0. The van der Waals surface area contributed by atoms with Crippen LogP contribution in [0, 0.1) is 5.41 Å². The second-order valence-electron chi connectivity index (χ2n) is 4.34. The van der Waals surface area contributed by atoms with Gasteiger partial charge in [-0.2, -0.15) is 0 Å². The first-order valence-electron chi connectivity index (χ1n) is 6.87. The van der Waals surface area contributed by atoms with E-state index in [0.29, 0.717) is 6.61 Å². The van der Waals surface area contributed by atoms with Crippen LogP contribution in [0.2, 0.25) is 0 Å². The zero-order valence-corrected chi connectivity index (χ0v) is 12.2. The van der Waals surface area contributed by atoms with Crippen molar-refractivity contribution < 1.29 is 19.4 Å². The Labute approximate surface area is 120 Å². The van der Waals surface area contributed by atoms with Crippen molar-refractivity contribution in [3.8, 4) is 0 Å². The summed E-state index contributed by atoms with van der Waals surface area (Å²) in [5, 5.41) is 14.4. The highest BCUT2D eigenvalue weighted by molar-refractivity contribution is 5.76. The van der Waals surface area contributed by atoms with Crippen molar-refractivity contribution in [3.05, 3.63) is 0 Å². The highest BCUT2D eigenvalue weighted by atomic mass is 16.5. The first kappa shape index (κ1) is 20.5. The average molecular weight is 289 g/mol. The summed E-state index contributed by atoms with van der Waals surface area (Å²) in [5.74, 6) is -1.70. The third-order valence-corrected chi connectivity index (χ3v) is 2.30. The van der Waals surface area contributed by atoms with Crippen molar-refractivity contribution in [3.63, 3.8) is 0 Å². The molecule has 0 heterocycles. The maximum absolute atomic E-state index is 11.0. The number of carbonyl (C=O) groups excluding carboxylic acids is 1. The Morgan fingerprint density at radius 2 is 1.55 bits per heavy atom. The number of aliphatic carboxylic acids is 1. The molecule has 0 amide bonds. The number of carbonyl (C=O) groups is 2. The highest BCUT2D eigenvalue weighted by Gasteiger charge is 2.05. The van der Waals surface area contributed by atoms with Gasteiger partial charge in [0, 0.05) is 0 Å². The van der Waals surface area contributed by atoms with Crippen molar-refractivity contribution in [1.29, 1.82) is 5.41 Å². The van der Waals surface area contributed by atoms with Gasteiger partial charge in [-0.25, -0.2) is 0 Å². The van der Waals surface area contributed by atoms with E-state index in [4.69, 9.17) is 15.3 Å². The van der Waals surface area contributed by atoms with Gasteiger partial charge < -0.3 is 21.3 Å². The molecule has 20 heavy (non-hydrogen) atoms. The molecule has 7 heteroatoms. The summed E-state index contributed by atoms with van der Waals surface area (Å²) in [4.78, 5) is 21.2. The van der Waals surface area contributed by atoms with Gasteiger partial charge in [0.2, 0.25) is 0 Å². The lowest BCUT2D eigenvalue weighted by molar-refractivity contribution is -0.147. The number of carboxylic acids is 1. The Hall–Kier alpha value is -1.79. The molecule has 0 saturated carbocycles. The predicted octanol–water partition coefficient (Wildman–Crippen LogP) is 1.59. The van der Waals surface area contributed by atoms with Crippen LogP contribution in [0.3, 0.4) is 0 Å². The van der Waals surface area contributed by atoms with Crippen LogP contribution >= 0.6 is 0 Å². The molecule has 0 spiro atoms. The molecule has 0 aromatic carbocycles. The minimum atomic E-state index is -0.962. The fourth-order valence-electron chi connectivity index (χ4n) is 1.35. The number of hydrogen-bond donors (Lipinski definition) is 4. The van der Waals surface area contributed by atoms with E-state index in [2.05, 4.69) is 18.4 Å². The van der Waals surface area contributed by atoms with Crippen molar-refractivity contribution in [2.24, 2.45) is 11.5 Å². The number of ether oxygens (including phenoxy) is 1. The van der Waals surface area contributed by atoms with Gasteiger partial charge in [0.15, 0.2) is 5.96 Å². The molecule has 0 unspecified atom stereocenters. The Morgan fingerprint density at radius 3 is 2.05 bits per heavy atom. The smallest absolute Gasteiger partial charge is 0.306 e. The van der Waals surface area contributed by atoms with E-state index in [9.17, 15) is 9.59 Å². The fraction of sp³-hybridized carbons (Fsp3) is 0.769. The number of rotatable bonds is 10. The molecular weight excluding hydrogens is 262 g/mol. The molecule has 0 aromatic rings. The van der Waals surface area contributed by atoms with E-state index in [0.717, 1.165) is 12.8 Å². The van der Waals surface area contributed by atoms with Crippen LogP contribution in [0.25, 0.3) is 0 Å². The molecule has 0 radical (unpaired) electrons. The van der Waals surface area contributed by atoms with E-state index < -0.39 is 11.9 Å². The van der Waals surface area contributed by atoms with Crippen LogP contribution < -0.4 is 11.5 Å². The Bertz CT molecular complexity index is 279. The van der Waals surface area contributed by atoms with E-state index in [1.54, 1.807) is 0 Å². The van der Waals surface area contributed by atoms with E-state index >= 15 is 0 Å². The number of unbranched alkanes of at least 4 members (excludes halogenated alkanes) is 5. The van der Waals surface area contributed by atoms with Gasteiger partial charge >= 0.3 is 11.9 Å². The fourth-order valence-corrected chi connectivity index (χ4v) is 1.35. The molecule has 0 rings (SSSR count). The number of nitrogens with one attached hydrogen (secondary N) is 1. The quantitative estimate of drug-likeness (QED) is 0.208. The molecule has 0 saturated heterocycles. The summed E-state index contributed by atoms with van der Waals surface area (Å²) in [6, 6.07) is 0. The van der Waals surface area contributed by atoms with Gasteiger partial charge in [-0.15, -0.1) is 0 Å². The monoisotopic (exact) mass is 289 g/mol. The van der Waals surface area contributed by atoms with Gasteiger partial charge in [0.25, 0.3) is 0 Å². The average Bonchev–Trinajstić information content (AvgIpc) is 2.34. The van der Waals surface area contributed by atoms with Crippen LogP contribution in [0.4, 0.5) is 0 Å². The van der Waals surface area contributed by atoms with Gasteiger partial charge in [0.05, 0.1) is 19.4 Å². The number of esters is 1. The van der Waals surface area contributed by atoms with Gasteiger partial charge in [-0.1, -0.05) is 39.0 Å². The second-order valence-corrected chi connectivity index (χ2v) is 4.34. The Kier molecular flexibility index (Phi) is 15.7. The van der Waals surface area contributed by atoms with Crippen molar-refractivity contribution >= 4 is 17.9 Å². The molecule has 0 bridgehead atoms. The second kappa shape index (κ2) is 15.3. The topological polar surface area (TPSA) is 139 Å². The third kappa shape index (κ3) is 25.2. The van der Waals surface area contributed by atoms with Crippen LogP contribution in [-0.4, -0.2) is 29.6 Å². The van der Waals surface area contributed by atoms with Crippen LogP contribution in [0.1, 0.15) is 58.3 Å². The van der Waals surface area contributed by atoms with Crippen LogP contribution in [0.5, 0.6) is 0 Å². The standard InChI is InChI=1S/C12H22O4.CH5N3/c1-2-3-4-5-6-7-10-16-12(15)9-8-11(13)14;2-1(3)4/h2-10H2,1H3,(H,13,14);(H5,2,3,4). The lowest BCUT2D eigenvalue weighted by Gasteiger charge is -2.03. The molecule has 0 aliphatic heterocycles. The molecule has 0 atom stereocenters. The zero-order chi connectivity index (χ0) is 15.8. The molecule has 118 valence electrons. The SMILES string of the molecule is CCCCCCCCOC(=O)CCC(=O)O.N=C(N)N. The summed E-state index contributed by atoms with van der Waals surface area (Å²) in [5.41, 5.74) is 8.94. The van der Waals surface area contributed by atoms with Gasteiger partial charge in [0.1, 0.15) is 0 Å². The van der Waals surface area contributed by atoms with Crippen LogP contribution in [-0.2, 0) is 14.3 Å². The normalized spacial score (nSPS) is 9.25. The minimum Gasteiger partial charge on any atom is -0.481 e. The molecular formula is C13H27N3O4. The maximum Gasteiger partial charge on any atom is 0.306 e. The molecule has 0 aromatic heterocycles. The maximum atomic E-state index is 11.0. The minimum absolute atomic E-state index is 0.0227. The number of nitrogens with two attached hydrogens (primary N) is 2. The Balaban J connectivity index is 0. The molecule has 0 aliphatic carbocycles. The van der Waals surface area contributed by atoms with Crippen molar-refractivity contribution in [1.82, 2.24) is 0 Å². The summed E-state index contributed by atoms with van der Waals surface area (Å²) in [6.45, 7) is 2.59. The zero-order valence-electron chi connectivity index (χ0n) is 12.2. The van der Waals surface area contributed by atoms with Crippen molar-refractivity contribution in [2.75, 3.05) is 6.61 Å². The lowest BCUT2D eigenvalue weighted by atomic mass is 10.1. The number of guanidine groups is 1. The van der Waals surface area contributed by atoms with Crippen LogP contribution in [0.15, 0.2) is 0 Å². The predicted molar refractivity (Wildman–Crippen MR) is 77.3 cm³/mol. The molecule has 0 fully saturated rings. The van der Waals surface area contributed by atoms with E-state index in [-0.39, 0.29) is 18.8 Å². The van der Waals surface area contributed by atoms with Gasteiger partial charge in [-0.05, 0) is 6.42 Å². The molecule has 7 nitrogen and oxygen atoms in total. The van der Waals surface area contributed by atoms with Gasteiger partial charge in [-0.3, -0.25) is 15.0 Å². The van der Waals surface area contributed by atoms with E-state index in [1.165, 1.54) is 25.7 Å². The number of carboxylic acid groups (broad SMARTS) is 1.